The van der Waals surface area contributed by atoms with Crippen LogP contribution in [0, 0.1) is 0 Å². The zero-order valence-electron chi connectivity index (χ0n) is 44.7. The molecule has 1 aliphatic heterocycles. The highest BCUT2D eigenvalue weighted by Crippen LogP contribution is 2.23. The minimum absolute atomic E-state index is 0.0129. The maximum atomic E-state index is 13.0. The number of rotatable bonds is 49. The van der Waals surface area contributed by atoms with Gasteiger partial charge in [0.05, 0.1) is 32.0 Å². The smallest absolute Gasteiger partial charge is 0.305 e. The van der Waals surface area contributed by atoms with Crippen LogP contribution in [0.5, 0.6) is 0 Å². The van der Waals surface area contributed by atoms with Crippen molar-refractivity contribution in [2.75, 3.05) is 19.8 Å². The maximum Gasteiger partial charge on any atom is 0.305 e. The summed E-state index contributed by atoms with van der Waals surface area (Å²) >= 11 is 0. The van der Waals surface area contributed by atoms with E-state index in [1.165, 1.54) is 128 Å². The fourth-order valence-corrected chi connectivity index (χ4v) is 8.74. The van der Waals surface area contributed by atoms with Crippen LogP contribution >= 0.6 is 0 Å². The van der Waals surface area contributed by atoms with Crippen molar-refractivity contribution in [3.63, 3.8) is 0 Å². The Kier molecular flexibility index (Phi) is 45.8. The predicted molar refractivity (Wildman–Crippen MR) is 287 cm³/mol. The molecule has 0 aromatic rings. The minimum atomic E-state index is -1.58. The van der Waals surface area contributed by atoms with E-state index in [9.17, 15) is 35.1 Å². The number of ether oxygens (including phenoxy) is 3. The molecule has 7 unspecified atom stereocenters. The van der Waals surface area contributed by atoms with Gasteiger partial charge in [-0.1, -0.05) is 210 Å². The number of aliphatic hydroxyl groups excluding tert-OH is 5. The summed E-state index contributed by atoms with van der Waals surface area (Å²) in [6.07, 6.45) is 50.6. The summed E-state index contributed by atoms with van der Waals surface area (Å²) in [5.74, 6) is -0.221. The third-order valence-electron chi connectivity index (χ3n) is 13.4. The Labute approximate surface area is 427 Å². The van der Waals surface area contributed by atoms with Crippen LogP contribution < -0.4 is 5.32 Å². The number of allylic oxidation sites excluding steroid dienone is 7. The average Bonchev–Trinajstić information content (AvgIpc) is 3.36. The van der Waals surface area contributed by atoms with E-state index in [1.54, 1.807) is 6.08 Å². The first-order valence-corrected chi connectivity index (χ1v) is 28.9. The van der Waals surface area contributed by atoms with Gasteiger partial charge in [-0.25, -0.2) is 0 Å². The second-order valence-corrected chi connectivity index (χ2v) is 20.0. The molecule has 408 valence electrons. The molecule has 70 heavy (non-hydrogen) atoms. The van der Waals surface area contributed by atoms with Crippen LogP contribution in [0.15, 0.2) is 48.6 Å². The molecule has 1 heterocycles. The third kappa shape index (κ3) is 38.3. The van der Waals surface area contributed by atoms with Gasteiger partial charge >= 0.3 is 5.97 Å². The highest BCUT2D eigenvalue weighted by atomic mass is 16.7. The zero-order chi connectivity index (χ0) is 51.0. The Balaban J connectivity index is 2.12. The lowest BCUT2D eigenvalue weighted by Crippen LogP contribution is -2.60. The number of amides is 1. The monoisotopic (exact) mass is 990 g/mol. The molecule has 11 nitrogen and oxygen atoms in total. The van der Waals surface area contributed by atoms with Gasteiger partial charge in [0.2, 0.25) is 5.91 Å². The Morgan fingerprint density at radius 2 is 0.943 bits per heavy atom. The van der Waals surface area contributed by atoms with Crippen LogP contribution in [0.2, 0.25) is 0 Å². The highest BCUT2D eigenvalue weighted by Gasteiger charge is 2.44. The summed E-state index contributed by atoms with van der Waals surface area (Å²) in [5.41, 5.74) is 0. The molecule has 0 aromatic carbocycles. The van der Waals surface area contributed by atoms with Crippen molar-refractivity contribution in [3.8, 4) is 0 Å². The largest absolute Gasteiger partial charge is 0.466 e. The summed E-state index contributed by atoms with van der Waals surface area (Å²) in [7, 11) is 0. The van der Waals surface area contributed by atoms with Crippen molar-refractivity contribution in [1.29, 1.82) is 0 Å². The van der Waals surface area contributed by atoms with Crippen LogP contribution in [0.4, 0.5) is 0 Å². The summed E-state index contributed by atoms with van der Waals surface area (Å²) in [4.78, 5) is 25.0. The van der Waals surface area contributed by atoms with Gasteiger partial charge in [-0.2, -0.15) is 0 Å². The molecule has 1 aliphatic rings. The number of hydrogen-bond donors (Lipinski definition) is 6. The van der Waals surface area contributed by atoms with Crippen molar-refractivity contribution in [2.45, 2.75) is 294 Å². The molecule has 0 spiro atoms. The van der Waals surface area contributed by atoms with Crippen molar-refractivity contribution < 1.29 is 49.3 Å². The first-order valence-electron chi connectivity index (χ1n) is 28.9. The van der Waals surface area contributed by atoms with Crippen LogP contribution in [0.1, 0.15) is 251 Å². The van der Waals surface area contributed by atoms with Gasteiger partial charge in [-0.15, -0.1) is 0 Å². The van der Waals surface area contributed by atoms with Gasteiger partial charge in [0.1, 0.15) is 24.4 Å². The molecule has 0 aromatic heterocycles. The average molecular weight is 991 g/mol. The van der Waals surface area contributed by atoms with Crippen molar-refractivity contribution in [1.82, 2.24) is 5.32 Å². The van der Waals surface area contributed by atoms with Crippen molar-refractivity contribution >= 4 is 11.9 Å². The standard InChI is InChI=1S/C59H107NO10/c1-3-5-7-9-11-13-15-26-29-33-37-41-45-52(62)51(50-69-59-58(67)57(66)56(65)53(49-61)70-59)60-54(63)46-42-38-34-30-27-23-21-19-17-16-18-20-22-24-28-32-36-40-44-48-68-55(64)47-43-39-35-31-25-14-12-10-8-6-4-2/h9,11,16-17,26,29,41,45,51-53,56-59,61-62,65-67H,3-8,10,12-15,18-25,27-28,30-40,42-44,46-50H2,1-2H3,(H,60,63)/b11-9+,17-16-,29-26+,45-41+. The number of unbranched alkanes of at least 4 members (excludes halogenated alkanes) is 29. The molecule has 0 saturated carbocycles. The van der Waals surface area contributed by atoms with Crippen LogP contribution in [-0.4, -0.2) is 100 Å². The highest BCUT2D eigenvalue weighted by molar-refractivity contribution is 5.76. The number of nitrogens with one attached hydrogen (secondary N) is 1. The van der Waals surface area contributed by atoms with Gasteiger partial charge in [-0.3, -0.25) is 9.59 Å². The van der Waals surface area contributed by atoms with E-state index in [2.05, 4.69) is 55.6 Å². The molecule has 6 N–H and O–H groups in total. The van der Waals surface area contributed by atoms with Gasteiger partial charge in [0.15, 0.2) is 6.29 Å². The van der Waals surface area contributed by atoms with E-state index in [1.807, 2.05) is 6.08 Å². The fraction of sp³-hybridized carbons (Fsp3) is 0.831. The molecule has 0 aliphatic carbocycles. The van der Waals surface area contributed by atoms with Gasteiger partial charge < -0.3 is 45.1 Å². The molecule has 1 saturated heterocycles. The van der Waals surface area contributed by atoms with E-state index < -0.39 is 49.5 Å². The Morgan fingerprint density at radius 1 is 0.514 bits per heavy atom. The minimum Gasteiger partial charge on any atom is -0.466 e. The number of carbonyl (C=O) groups is 2. The topological polar surface area (TPSA) is 175 Å². The second-order valence-electron chi connectivity index (χ2n) is 20.0. The normalized spacial score (nSPS) is 19.6. The number of carbonyl (C=O) groups excluding carboxylic acids is 2. The van der Waals surface area contributed by atoms with E-state index >= 15 is 0 Å². The van der Waals surface area contributed by atoms with Crippen molar-refractivity contribution in [2.24, 2.45) is 0 Å². The molecule has 0 bridgehead atoms. The van der Waals surface area contributed by atoms with E-state index in [0.717, 1.165) is 96.3 Å². The Hall–Kier alpha value is -2.38. The first-order chi connectivity index (χ1) is 34.2. The van der Waals surface area contributed by atoms with E-state index in [-0.39, 0.29) is 18.5 Å². The van der Waals surface area contributed by atoms with Crippen LogP contribution in [0.25, 0.3) is 0 Å². The van der Waals surface area contributed by atoms with Gasteiger partial charge in [0.25, 0.3) is 0 Å². The maximum absolute atomic E-state index is 13.0. The quantitative estimate of drug-likeness (QED) is 0.0196. The van der Waals surface area contributed by atoms with E-state index in [4.69, 9.17) is 14.2 Å². The Morgan fingerprint density at radius 3 is 1.46 bits per heavy atom. The second kappa shape index (κ2) is 48.9. The van der Waals surface area contributed by atoms with E-state index in [0.29, 0.717) is 19.4 Å². The lowest BCUT2D eigenvalue weighted by Gasteiger charge is -2.40. The van der Waals surface area contributed by atoms with Gasteiger partial charge in [0, 0.05) is 12.8 Å². The predicted octanol–water partition coefficient (Wildman–Crippen LogP) is 12.9. The molecular weight excluding hydrogens is 883 g/mol. The number of aliphatic hydroxyl groups is 5. The molecule has 0 radical (unpaired) electrons. The molecular formula is C59H107NO10. The SMILES string of the molecule is CCCC/C=C/CC/C=C/CC/C=C/C(O)C(COC1OC(CO)C(O)C(O)C1O)NC(=O)CCCCCCCCC/C=C\CCCCCCCCCCOC(=O)CCCCCCCCCCCCC. The van der Waals surface area contributed by atoms with Crippen LogP contribution in [0.3, 0.4) is 0 Å². The molecule has 11 heteroatoms. The van der Waals surface area contributed by atoms with Crippen molar-refractivity contribution in [3.05, 3.63) is 48.6 Å². The number of hydrogen-bond acceptors (Lipinski definition) is 10. The molecule has 1 amide bonds. The number of esters is 1. The Bertz CT molecular complexity index is 1300. The summed E-state index contributed by atoms with van der Waals surface area (Å²) in [6.45, 7) is 4.24. The van der Waals surface area contributed by atoms with Crippen LogP contribution in [-0.2, 0) is 23.8 Å². The summed E-state index contributed by atoms with van der Waals surface area (Å²) in [6, 6.07) is -0.841. The lowest BCUT2D eigenvalue weighted by molar-refractivity contribution is -0.302. The van der Waals surface area contributed by atoms with Gasteiger partial charge in [-0.05, 0) is 77.0 Å². The molecule has 7 atom stereocenters. The zero-order valence-corrected chi connectivity index (χ0v) is 44.7. The molecule has 1 rings (SSSR count). The third-order valence-corrected chi connectivity index (χ3v) is 13.4. The first kappa shape index (κ1) is 65.6. The summed E-state index contributed by atoms with van der Waals surface area (Å²) in [5, 5.41) is 54.2. The fourth-order valence-electron chi connectivity index (χ4n) is 8.74. The summed E-state index contributed by atoms with van der Waals surface area (Å²) < 4.78 is 16.7. The lowest BCUT2D eigenvalue weighted by atomic mass is 9.99. The molecule has 1 fully saturated rings.